The van der Waals surface area contributed by atoms with Crippen molar-refractivity contribution in [3.63, 3.8) is 0 Å². The van der Waals surface area contributed by atoms with E-state index in [1.54, 1.807) is 0 Å². The molecule has 28 heavy (non-hydrogen) atoms. The number of fused-ring (bicyclic) bond motifs is 5. The maximum absolute atomic E-state index is 12.6. The van der Waals surface area contributed by atoms with Crippen LogP contribution in [0.4, 0.5) is 0 Å². The highest BCUT2D eigenvalue weighted by Gasteiger charge is 2.63. The zero-order chi connectivity index (χ0) is 20.1. The van der Waals surface area contributed by atoms with E-state index in [0.29, 0.717) is 36.7 Å². The number of carbonyl (C=O) groups excluding carboxylic acids is 1. The van der Waals surface area contributed by atoms with Gasteiger partial charge in [-0.2, -0.15) is 0 Å². The Balaban J connectivity index is 1.63. The van der Waals surface area contributed by atoms with E-state index in [9.17, 15) is 9.90 Å². The van der Waals surface area contributed by atoms with E-state index in [4.69, 9.17) is 10.6 Å². The van der Waals surface area contributed by atoms with E-state index in [1.165, 1.54) is 0 Å². The van der Waals surface area contributed by atoms with Crippen molar-refractivity contribution in [1.82, 2.24) is 0 Å². The molecule has 0 radical (unpaired) electrons. The first-order valence-corrected chi connectivity index (χ1v) is 11.5. The molecular formula is C23H38N2O3. The smallest absolute Gasteiger partial charge is 0.139 e. The molecular weight excluding hydrogens is 352 g/mol. The Kier molecular flexibility index (Phi) is 5.37. The third kappa shape index (κ3) is 2.87. The first-order chi connectivity index (χ1) is 13.4. The van der Waals surface area contributed by atoms with Crippen LogP contribution < -0.4 is 5.73 Å². The summed E-state index contributed by atoms with van der Waals surface area (Å²) in [6, 6.07) is 0. The second-order valence-corrected chi connectivity index (χ2v) is 10.3. The standard InChI is InChI=1S/C23H38N2O3/c1-4-14-18(25-28-12-11-24)8-10-23(3)17-7-9-22(2)16(5-6-20(22)27)15(17)13-19(26)21(14)23/h14-17,19,21,26H,4-13,24H2,1-3H3/t14?,15-,16-,17+,19?,21?,22-,23+/m0/s1. The monoisotopic (exact) mass is 390 g/mol. The highest BCUT2D eigenvalue weighted by Crippen LogP contribution is 2.66. The summed E-state index contributed by atoms with van der Waals surface area (Å²) in [6.45, 7) is 7.77. The molecule has 5 nitrogen and oxygen atoms in total. The van der Waals surface area contributed by atoms with Crippen molar-refractivity contribution in [1.29, 1.82) is 0 Å². The summed E-state index contributed by atoms with van der Waals surface area (Å²) in [7, 11) is 0. The fraction of sp³-hybridized carbons (Fsp3) is 0.913. The van der Waals surface area contributed by atoms with Gasteiger partial charge in [-0.3, -0.25) is 4.79 Å². The summed E-state index contributed by atoms with van der Waals surface area (Å²) in [4.78, 5) is 18.0. The summed E-state index contributed by atoms with van der Waals surface area (Å²) in [5.74, 6) is 2.57. The number of oxime groups is 1. The second-order valence-electron chi connectivity index (χ2n) is 10.3. The van der Waals surface area contributed by atoms with Gasteiger partial charge in [0.1, 0.15) is 12.4 Å². The molecule has 0 saturated heterocycles. The van der Waals surface area contributed by atoms with Crippen LogP contribution in [0.3, 0.4) is 0 Å². The molecule has 5 heteroatoms. The molecule has 0 spiro atoms. The van der Waals surface area contributed by atoms with Gasteiger partial charge in [-0.25, -0.2) is 0 Å². The quantitative estimate of drug-likeness (QED) is 0.568. The lowest BCUT2D eigenvalue weighted by Crippen LogP contribution is -2.60. The Morgan fingerprint density at radius 3 is 2.71 bits per heavy atom. The van der Waals surface area contributed by atoms with Crippen molar-refractivity contribution in [3.8, 4) is 0 Å². The minimum atomic E-state index is -0.311. The van der Waals surface area contributed by atoms with E-state index in [-0.39, 0.29) is 28.8 Å². The number of Topliss-reactive ketones (excluding diaryl/α,β-unsaturated/α-hetero) is 1. The fourth-order valence-corrected chi connectivity index (χ4v) is 7.97. The first kappa shape index (κ1) is 20.3. The molecule has 0 aromatic rings. The summed E-state index contributed by atoms with van der Waals surface area (Å²) in [5, 5.41) is 15.8. The number of rotatable bonds is 4. The number of nitrogens with zero attached hydrogens (tertiary/aromatic N) is 1. The maximum atomic E-state index is 12.6. The van der Waals surface area contributed by atoms with Crippen molar-refractivity contribution in [2.45, 2.75) is 78.2 Å². The van der Waals surface area contributed by atoms with Gasteiger partial charge in [-0.05, 0) is 74.0 Å². The number of carbonyl (C=O) groups is 1. The van der Waals surface area contributed by atoms with E-state index in [2.05, 4.69) is 25.9 Å². The molecule has 4 rings (SSSR count). The van der Waals surface area contributed by atoms with Crippen LogP contribution in [-0.4, -0.2) is 35.9 Å². The summed E-state index contributed by atoms with van der Waals surface area (Å²) < 4.78 is 0. The van der Waals surface area contributed by atoms with Gasteiger partial charge in [-0.1, -0.05) is 25.9 Å². The zero-order valence-electron chi connectivity index (χ0n) is 17.8. The molecule has 4 fully saturated rings. The second kappa shape index (κ2) is 7.39. The van der Waals surface area contributed by atoms with Crippen molar-refractivity contribution < 1.29 is 14.7 Å². The van der Waals surface area contributed by atoms with Crippen molar-refractivity contribution in [2.75, 3.05) is 13.2 Å². The largest absolute Gasteiger partial charge is 0.394 e. The minimum Gasteiger partial charge on any atom is -0.394 e. The first-order valence-electron chi connectivity index (χ1n) is 11.5. The maximum Gasteiger partial charge on any atom is 0.139 e. The lowest BCUT2D eigenvalue weighted by Gasteiger charge is -2.62. The molecule has 8 atom stereocenters. The molecule has 0 bridgehead atoms. The Morgan fingerprint density at radius 2 is 2.00 bits per heavy atom. The molecule has 0 amide bonds. The molecule has 0 aliphatic heterocycles. The van der Waals surface area contributed by atoms with Crippen molar-refractivity contribution >= 4 is 11.5 Å². The van der Waals surface area contributed by atoms with E-state index < -0.39 is 0 Å². The molecule has 4 aliphatic carbocycles. The molecule has 0 aromatic heterocycles. The topological polar surface area (TPSA) is 84.9 Å². The number of nitrogens with two attached hydrogens (primary N) is 1. The number of ketones is 1. The predicted octanol–water partition coefficient (Wildman–Crippen LogP) is 3.54. The van der Waals surface area contributed by atoms with Gasteiger partial charge in [0.25, 0.3) is 0 Å². The van der Waals surface area contributed by atoms with Crippen LogP contribution in [-0.2, 0) is 9.63 Å². The SMILES string of the molecule is CCC1C(=NOCCN)CC[C@@]2(C)C1C(O)C[C@@H]1[C@H]2CC[C@]2(C)C(=O)CC[C@@H]12. The number of aliphatic hydroxyl groups excluding tert-OH is 1. The Labute approximate surface area is 169 Å². The normalized spacial score (nSPS) is 49.5. The lowest BCUT2D eigenvalue weighted by molar-refractivity contribution is -0.161. The predicted molar refractivity (Wildman–Crippen MR) is 110 cm³/mol. The van der Waals surface area contributed by atoms with Crippen LogP contribution >= 0.6 is 0 Å². The molecule has 3 N–H and O–H groups in total. The van der Waals surface area contributed by atoms with Crippen LogP contribution in [0.5, 0.6) is 0 Å². The molecule has 4 saturated carbocycles. The van der Waals surface area contributed by atoms with Gasteiger partial charge < -0.3 is 15.7 Å². The summed E-state index contributed by atoms with van der Waals surface area (Å²) in [6.07, 6.45) is 7.48. The average Bonchev–Trinajstić information content (AvgIpc) is 2.97. The Hall–Kier alpha value is -0.940. The average molecular weight is 391 g/mol. The van der Waals surface area contributed by atoms with Gasteiger partial charge in [0.2, 0.25) is 0 Å². The van der Waals surface area contributed by atoms with E-state index in [0.717, 1.165) is 57.1 Å². The van der Waals surface area contributed by atoms with E-state index in [1.807, 2.05) is 0 Å². The Bertz CT molecular complexity index is 650. The van der Waals surface area contributed by atoms with E-state index >= 15 is 0 Å². The van der Waals surface area contributed by atoms with Gasteiger partial charge in [0, 0.05) is 24.3 Å². The lowest BCUT2D eigenvalue weighted by atomic mass is 9.43. The van der Waals surface area contributed by atoms with Crippen molar-refractivity contribution in [3.05, 3.63) is 0 Å². The summed E-state index contributed by atoms with van der Waals surface area (Å²) >= 11 is 0. The highest BCUT2D eigenvalue weighted by molar-refractivity contribution is 5.88. The molecule has 4 aliphatic rings. The van der Waals surface area contributed by atoms with Crippen molar-refractivity contribution in [2.24, 2.45) is 51.3 Å². The van der Waals surface area contributed by atoms with Crippen LogP contribution in [0.2, 0.25) is 0 Å². The van der Waals surface area contributed by atoms with Gasteiger partial charge >= 0.3 is 0 Å². The van der Waals surface area contributed by atoms with Crippen LogP contribution in [0.1, 0.15) is 72.1 Å². The molecule has 158 valence electrons. The van der Waals surface area contributed by atoms with Crippen LogP contribution in [0.25, 0.3) is 0 Å². The van der Waals surface area contributed by atoms with Crippen LogP contribution in [0, 0.1) is 40.4 Å². The van der Waals surface area contributed by atoms with Crippen LogP contribution in [0.15, 0.2) is 5.16 Å². The molecule has 3 unspecified atom stereocenters. The minimum absolute atomic E-state index is 0.128. The highest BCUT2D eigenvalue weighted by atomic mass is 16.6. The summed E-state index contributed by atoms with van der Waals surface area (Å²) in [5.41, 5.74) is 6.65. The van der Waals surface area contributed by atoms with Gasteiger partial charge in [-0.15, -0.1) is 0 Å². The number of hydrogen-bond donors (Lipinski definition) is 2. The number of aliphatic hydroxyl groups is 1. The third-order valence-corrected chi connectivity index (χ3v) is 9.29. The third-order valence-electron chi connectivity index (χ3n) is 9.29. The molecule has 0 heterocycles. The molecule has 0 aromatic carbocycles. The zero-order valence-corrected chi connectivity index (χ0v) is 17.8. The Morgan fingerprint density at radius 1 is 1.21 bits per heavy atom. The van der Waals surface area contributed by atoms with Gasteiger partial charge in [0.05, 0.1) is 11.8 Å². The number of hydrogen-bond acceptors (Lipinski definition) is 5. The van der Waals surface area contributed by atoms with Gasteiger partial charge in [0.15, 0.2) is 0 Å². The fourth-order valence-electron chi connectivity index (χ4n) is 7.97.